The summed E-state index contributed by atoms with van der Waals surface area (Å²) in [7, 11) is 0. The fourth-order valence-corrected chi connectivity index (χ4v) is 5.64. The molecule has 0 aromatic heterocycles. The third-order valence-corrected chi connectivity index (χ3v) is 7.80. The molecule has 0 amide bonds. The van der Waals surface area contributed by atoms with Crippen LogP contribution >= 0.6 is 0 Å². The Balaban J connectivity index is 0.000000200. The van der Waals surface area contributed by atoms with E-state index in [1.165, 1.54) is 43.8 Å². The molecular formula is C35H32O. The highest BCUT2D eigenvalue weighted by atomic mass is 16.5. The van der Waals surface area contributed by atoms with E-state index in [1.54, 1.807) is 5.57 Å². The summed E-state index contributed by atoms with van der Waals surface area (Å²) in [6.45, 7) is 5.24. The summed E-state index contributed by atoms with van der Waals surface area (Å²) in [6, 6.07) is 23.6. The van der Waals surface area contributed by atoms with Crippen LogP contribution in [0.1, 0.15) is 54.9 Å². The monoisotopic (exact) mass is 468 g/mol. The molecule has 0 bridgehead atoms. The predicted molar refractivity (Wildman–Crippen MR) is 153 cm³/mol. The molecule has 1 heteroatoms. The molecule has 0 radical (unpaired) electrons. The summed E-state index contributed by atoms with van der Waals surface area (Å²) in [5.41, 5.74) is 9.90. The van der Waals surface area contributed by atoms with Crippen LogP contribution in [0.4, 0.5) is 0 Å². The van der Waals surface area contributed by atoms with E-state index >= 15 is 0 Å². The third kappa shape index (κ3) is 4.31. The van der Waals surface area contributed by atoms with Gasteiger partial charge in [0.25, 0.3) is 0 Å². The van der Waals surface area contributed by atoms with Crippen LogP contribution in [-0.4, -0.2) is 6.61 Å². The Hall–Kier alpha value is -3.84. The zero-order valence-electron chi connectivity index (χ0n) is 21.1. The lowest BCUT2D eigenvalue weighted by molar-refractivity contribution is 0.358. The standard InChI is InChI=1S/C26H24.C9H8O/c1-17-14-21-9-12-24-23-11-8-20(19-6-4-3-5-7-19)16-22(23)10-13-25(24)26(21)15-18(17)2;1-2-6-9-8(4-1)5-3-7-10-9/h3-9,11-15,18,20H,10,16H2,1-2H3;1-6H,7H2. The van der Waals surface area contributed by atoms with Crippen molar-refractivity contribution < 1.29 is 4.74 Å². The minimum Gasteiger partial charge on any atom is -0.489 e. The van der Waals surface area contributed by atoms with Gasteiger partial charge in [-0.2, -0.15) is 0 Å². The van der Waals surface area contributed by atoms with Gasteiger partial charge in [-0.15, -0.1) is 0 Å². The Morgan fingerprint density at radius 3 is 2.53 bits per heavy atom. The zero-order chi connectivity index (χ0) is 24.5. The Bertz CT molecular complexity index is 1550. The van der Waals surface area contributed by atoms with E-state index in [-0.39, 0.29) is 0 Å². The average molecular weight is 469 g/mol. The number of rotatable bonds is 1. The highest BCUT2D eigenvalue weighted by Crippen LogP contribution is 2.37. The van der Waals surface area contributed by atoms with Gasteiger partial charge in [0.1, 0.15) is 12.4 Å². The molecule has 3 aliphatic carbocycles. The van der Waals surface area contributed by atoms with E-state index in [0.29, 0.717) is 18.4 Å². The summed E-state index contributed by atoms with van der Waals surface area (Å²) in [5.74, 6) is 2.03. The van der Waals surface area contributed by atoms with Gasteiger partial charge in [0, 0.05) is 11.5 Å². The zero-order valence-corrected chi connectivity index (χ0v) is 21.1. The van der Waals surface area contributed by atoms with E-state index in [4.69, 9.17) is 4.74 Å². The van der Waals surface area contributed by atoms with Gasteiger partial charge in [-0.3, -0.25) is 0 Å². The quantitative estimate of drug-likeness (QED) is 0.364. The number of allylic oxidation sites excluding steroid dienone is 5. The van der Waals surface area contributed by atoms with E-state index in [1.807, 2.05) is 30.3 Å². The van der Waals surface area contributed by atoms with Crippen LogP contribution in [0.2, 0.25) is 0 Å². The molecule has 0 spiro atoms. The molecule has 2 unspecified atom stereocenters. The van der Waals surface area contributed by atoms with Crippen molar-refractivity contribution in [3.63, 3.8) is 0 Å². The van der Waals surface area contributed by atoms with E-state index in [2.05, 4.69) is 92.8 Å². The smallest absolute Gasteiger partial charge is 0.126 e. The van der Waals surface area contributed by atoms with Crippen molar-refractivity contribution in [1.29, 1.82) is 0 Å². The maximum Gasteiger partial charge on any atom is 0.126 e. The van der Waals surface area contributed by atoms with E-state index in [9.17, 15) is 0 Å². The van der Waals surface area contributed by atoms with Gasteiger partial charge in [-0.25, -0.2) is 0 Å². The fourth-order valence-electron chi connectivity index (χ4n) is 5.64. The fraction of sp³-hybridized carbons (Fsp3) is 0.200. The Kier molecular flexibility index (Phi) is 6.07. The molecule has 36 heavy (non-hydrogen) atoms. The van der Waals surface area contributed by atoms with Gasteiger partial charge in [0.15, 0.2) is 0 Å². The van der Waals surface area contributed by atoms with Crippen LogP contribution in [0.25, 0.3) is 29.9 Å². The van der Waals surface area contributed by atoms with Crippen molar-refractivity contribution in [3.05, 3.63) is 129 Å². The summed E-state index contributed by atoms with van der Waals surface area (Å²) < 4.78 is 5.34. The number of para-hydroxylation sites is 1. The summed E-state index contributed by atoms with van der Waals surface area (Å²) >= 11 is 0. The maximum atomic E-state index is 5.34. The predicted octanol–water partition coefficient (Wildman–Crippen LogP) is 7.29. The van der Waals surface area contributed by atoms with Crippen molar-refractivity contribution in [2.75, 3.05) is 6.61 Å². The van der Waals surface area contributed by atoms with Crippen LogP contribution in [0, 0.1) is 5.92 Å². The molecule has 178 valence electrons. The summed E-state index contributed by atoms with van der Waals surface area (Å²) in [4.78, 5) is 0. The molecule has 1 heterocycles. The van der Waals surface area contributed by atoms with Crippen LogP contribution < -0.4 is 15.2 Å². The molecule has 1 nitrogen and oxygen atoms in total. The Morgan fingerprint density at radius 1 is 0.833 bits per heavy atom. The van der Waals surface area contributed by atoms with E-state index < -0.39 is 0 Å². The van der Waals surface area contributed by atoms with Gasteiger partial charge in [0.05, 0.1) is 0 Å². The van der Waals surface area contributed by atoms with Gasteiger partial charge in [-0.05, 0) is 70.5 Å². The highest BCUT2D eigenvalue weighted by Gasteiger charge is 2.22. The van der Waals surface area contributed by atoms with Crippen molar-refractivity contribution >= 4 is 29.9 Å². The van der Waals surface area contributed by atoms with Gasteiger partial charge >= 0.3 is 0 Å². The molecule has 0 saturated heterocycles. The number of fused-ring (bicyclic) bond motifs is 5. The molecule has 3 aromatic rings. The molecule has 2 atom stereocenters. The summed E-state index contributed by atoms with van der Waals surface area (Å²) in [6.07, 6.45) is 18.4. The van der Waals surface area contributed by atoms with Gasteiger partial charge in [0.2, 0.25) is 0 Å². The first kappa shape index (κ1) is 22.6. The minimum absolute atomic E-state index is 0.514. The lowest BCUT2D eigenvalue weighted by atomic mass is 9.78. The molecule has 0 N–H and O–H groups in total. The number of hydrogen-bond donors (Lipinski definition) is 0. The Labute approximate surface area is 214 Å². The first-order chi connectivity index (χ1) is 17.7. The largest absolute Gasteiger partial charge is 0.489 e. The van der Waals surface area contributed by atoms with Crippen LogP contribution in [0.5, 0.6) is 5.75 Å². The molecule has 0 fully saturated rings. The first-order valence-corrected chi connectivity index (χ1v) is 13.0. The molecule has 3 aromatic carbocycles. The van der Waals surface area contributed by atoms with E-state index in [0.717, 1.165) is 18.6 Å². The second kappa shape index (κ2) is 9.66. The first-order valence-electron chi connectivity index (χ1n) is 13.0. The maximum absolute atomic E-state index is 5.34. The molecule has 7 rings (SSSR count). The Morgan fingerprint density at radius 2 is 1.67 bits per heavy atom. The second-order valence-electron chi connectivity index (χ2n) is 10.1. The number of ether oxygens (including phenoxy) is 1. The second-order valence-corrected chi connectivity index (χ2v) is 10.1. The third-order valence-electron chi connectivity index (χ3n) is 7.80. The molecular weight excluding hydrogens is 436 g/mol. The average Bonchev–Trinajstić information content (AvgIpc) is 2.94. The van der Waals surface area contributed by atoms with Crippen molar-refractivity contribution in [3.8, 4) is 5.75 Å². The van der Waals surface area contributed by atoms with Crippen LogP contribution in [0.15, 0.2) is 96.1 Å². The lowest BCUT2D eigenvalue weighted by Gasteiger charge is -2.26. The summed E-state index contributed by atoms with van der Waals surface area (Å²) in [5, 5.41) is 2.88. The lowest BCUT2D eigenvalue weighted by Crippen LogP contribution is -2.34. The number of hydrogen-bond acceptors (Lipinski definition) is 1. The van der Waals surface area contributed by atoms with Crippen LogP contribution in [-0.2, 0) is 0 Å². The van der Waals surface area contributed by atoms with Gasteiger partial charge in [-0.1, -0.05) is 115 Å². The van der Waals surface area contributed by atoms with Crippen molar-refractivity contribution in [2.45, 2.75) is 32.6 Å². The van der Waals surface area contributed by atoms with Crippen molar-refractivity contribution in [2.24, 2.45) is 5.92 Å². The highest BCUT2D eigenvalue weighted by molar-refractivity contribution is 5.83. The van der Waals surface area contributed by atoms with Gasteiger partial charge < -0.3 is 4.74 Å². The number of benzene rings is 3. The molecule has 4 aliphatic rings. The normalized spacial score (nSPS) is 20.7. The topological polar surface area (TPSA) is 9.23 Å². The SMILES string of the molecule is C1=Cc2ccccc2OC1.CC1=Cc2ccc3c(c2=CC1C)=CCC1=C3C=CC(c2ccccc2)C1. The van der Waals surface area contributed by atoms with Crippen LogP contribution in [0.3, 0.4) is 0 Å². The molecule has 0 saturated carbocycles. The van der Waals surface area contributed by atoms with Crippen molar-refractivity contribution in [1.82, 2.24) is 0 Å². The molecule has 1 aliphatic heterocycles. The minimum atomic E-state index is 0.514.